The predicted octanol–water partition coefficient (Wildman–Crippen LogP) is 2.86. The molecular weight excluding hydrogens is 423 g/mol. The van der Waals surface area contributed by atoms with Crippen molar-refractivity contribution in [2.45, 2.75) is 24.2 Å². The van der Waals surface area contributed by atoms with Crippen LogP contribution in [-0.2, 0) is 17.1 Å². The van der Waals surface area contributed by atoms with Gasteiger partial charge in [-0.15, -0.1) is 0 Å². The lowest BCUT2D eigenvalue weighted by Crippen LogP contribution is -2.17. The van der Waals surface area contributed by atoms with Crippen molar-refractivity contribution in [1.82, 2.24) is 4.57 Å². The summed E-state index contributed by atoms with van der Waals surface area (Å²) in [5.41, 5.74) is -0.735. The Kier molecular flexibility index (Phi) is 6.32. The van der Waals surface area contributed by atoms with E-state index in [1.165, 1.54) is 13.3 Å². The van der Waals surface area contributed by atoms with E-state index >= 15 is 0 Å². The maximum atomic E-state index is 14.8. The number of halogens is 3. The molecule has 30 heavy (non-hydrogen) atoms. The molecule has 0 bridgehead atoms. The molecule has 1 aromatic carbocycles. The van der Waals surface area contributed by atoms with Crippen LogP contribution in [0.15, 0.2) is 33.7 Å². The maximum Gasteiger partial charge on any atom is 0.286 e. The zero-order chi connectivity index (χ0) is 22.1. The van der Waals surface area contributed by atoms with E-state index < -0.39 is 44.0 Å². The fourth-order valence-electron chi connectivity index (χ4n) is 3.48. The summed E-state index contributed by atoms with van der Waals surface area (Å²) in [7, 11) is -3.16. The van der Waals surface area contributed by atoms with Gasteiger partial charge in [0.05, 0.1) is 0 Å². The minimum absolute atomic E-state index is 0.0925. The normalized spacial score (nSPS) is 19.5. The molecule has 1 heterocycles. The molecule has 2 N–H and O–H groups in total. The van der Waals surface area contributed by atoms with Gasteiger partial charge in [-0.3, -0.25) is 4.79 Å². The molecule has 0 aliphatic heterocycles. The first-order valence-corrected chi connectivity index (χ1v) is 10.6. The molecule has 11 heteroatoms. The molecule has 7 nitrogen and oxygen atoms in total. The molecule has 0 saturated heterocycles. The Morgan fingerprint density at radius 1 is 1.30 bits per heavy atom. The van der Waals surface area contributed by atoms with Crippen LogP contribution in [0.5, 0.6) is 0 Å². The number of benzene rings is 1. The Labute approximate surface area is 171 Å². The maximum absolute atomic E-state index is 14.8. The summed E-state index contributed by atoms with van der Waals surface area (Å²) < 4.78 is 70.6. The lowest BCUT2D eigenvalue weighted by Gasteiger charge is -2.11. The van der Waals surface area contributed by atoms with Crippen LogP contribution in [0.2, 0.25) is 0 Å². The number of hydrogen-bond acceptors (Lipinski definition) is 4. The van der Waals surface area contributed by atoms with Crippen molar-refractivity contribution in [3.05, 3.63) is 47.5 Å². The Morgan fingerprint density at radius 3 is 2.70 bits per heavy atom. The molecule has 1 aliphatic rings. The van der Waals surface area contributed by atoms with Gasteiger partial charge in [-0.05, 0) is 30.9 Å². The van der Waals surface area contributed by atoms with Crippen LogP contribution in [0.25, 0.3) is 0 Å². The van der Waals surface area contributed by atoms with Gasteiger partial charge < -0.3 is 15.0 Å². The third kappa shape index (κ3) is 4.41. The van der Waals surface area contributed by atoms with E-state index in [9.17, 15) is 31.5 Å². The van der Waals surface area contributed by atoms with Crippen molar-refractivity contribution in [3.8, 4) is 0 Å². The lowest BCUT2D eigenvalue weighted by atomic mass is 9.99. The Morgan fingerprint density at radius 2 is 2.03 bits per heavy atom. The number of anilines is 1. The van der Waals surface area contributed by atoms with Gasteiger partial charge in [-0.25, -0.2) is 13.2 Å². The Hall–Kier alpha value is -2.66. The highest BCUT2D eigenvalue weighted by Crippen LogP contribution is 2.31. The largest absolute Gasteiger partial charge is 0.396 e. The second-order valence-electron chi connectivity index (χ2n) is 7.12. The predicted molar refractivity (Wildman–Crippen MR) is 103 cm³/mol. The topological polar surface area (TPSA) is 101 Å². The number of nitrogens with zero attached hydrogens (tertiary/aromatic N) is 2. The number of aliphatic hydroxyl groups excluding tert-OH is 1. The van der Waals surface area contributed by atoms with Crippen LogP contribution in [0.1, 0.15) is 29.8 Å². The molecule has 1 unspecified atom stereocenters. The van der Waals surface area contributed by atoms with E-state index in [-0.39, 0.29) is 24.1 Å². The molecule has 0 spiro atoms. The standard InChI is InChI=1S/C19H20F3N3O4S/c1-25-9-16(30(28,29)23-8-11-3-2-4-12(11)10-26)17(22)18(25)19(27)24-13-5-6-14(20)15(21)7-13/h5-9,11-12,26H,2-4,10H2,1H3,(H,24,27)/t11?,12-/m1/s1. The number of carbonyl (C=O) groups is 1. The number of aliphatic hydroxyl groups is 1. The van der Waals surface area contributed by atoms with E-state index in [2.05, 4.69) is 9.71 Å². The van der Waals surface area contributed by atoms with Gasteiger partial charge in [-0.1, -0.05) is 6.42 Å². The number of carbonyl (C=O) groups excluding carboxylic acids is 1. The number of aryl methyl sites for hydroxylation is 1. The van der Waals surface area contributed by atoms with Gasteiger partial charge in [-0.2, -0.15) is 12.8 Å². The minimum Gasteiger partial charge on any atom is -0.396 e. The van der Waals surface area contributed by atoms with Crippen LogP contribution in [0, 0.1) is 29.3 Å². The van der Waals surface area contributed by atoms with Crippen LogP contribution >= 0.6 is 0 Å². The molecule has 1 saturated carbocycles. The zero-order valence-electron chi connectivity index (χ0n) is 16.0. The van der Waals surface area contributed by atoms with Crippen molar-refractivity contribution in [3.63, 3.8) is 0 Å². The van der Waals surface area contributed by atoms with Gasteiger partial charge in [0.2, 0.25) is 0 Å². The lowest BCUT2D eigenvalue weighted by molar-refractivity contribution is 0.101. The average molecular weight is 443 g/mol. The third-order valence-corrected chi connectivity index (χ3v) is 6.34. The molecule has 1 aromatic heterocycles. The summed E-state index contributed by atoms with van der Waals surface area (Å²) in [5.74, 6) is -4.99. The number of hydrogen-bond donors (Lipinski definition) is 2. The summed E-state index contributed by atoms with van der Waals surface area (Å²) in [6.07, 6.45) is 4.37. The smallest absolute Gasteiger partial charge is 0.286 e. The summed E-state index contributed by atoms with van der Waals surface area (Å²) >= 11 is 0. The van der Waals surface area contributed by atoms with Crippen LogP contribution in [-0.4, -0.2) is 36.8 Å². The number of rotatable bonds is 6. The summed E-state index contributed by atoms with van der Waals surface area (Å²) in [6, 6.07) is 2.59. The fourth-order valence-corrected chi connectivity index (χ4v) is 4.52. The van der Waals surface area contributed by atoms with Crippen molar-refractivity contribution < 1.29 is 31.5 Å². The zero-order valence-corrected chi connectivity index (χ0v) is 16.8. The van der Waals surface area contributed by atoms with E-state index in [0.717, 1.165) is 41.8 Å². The highest BCUT2D eigenvalue weighted by atomic mass is 32.2. The van der Waals surface area contributed by atoms with Crippen molar-refractivity contribution >= 4 is 27.8 Å². The minimum atomic E-state index is -4.43. The second-order valence-corrected chi connectivity index (χ2v) is 8.72. The molecular formula is C19H20F3N3O4S. The SMILES string of the molecule is Cn1cc(S(=O)(=O)N=CC2CCC[C@@H]2CO)c(F)c1C(=O)Nc1ccc(F)c(F)c1. The Balaban J connectivity index is 1.85. The van der Waals surface area contributed by atoms with Crippen LogP contribution in [0.4, 0.5) is 18.9 Å². The number of sulfonamides is 1. The molecule has 1 aliphatic carbocycles. The molecule has 1 amide bonds. The first-order chi connectivity index (χ1) is 14.1. The van der Waals surface area contributed by atoms with Crippen molar-refractivity contribution in [1.29, 1.82) is 0 Å². The summed E-state index contributed by atoms with van der Waals surface area (Å²) in [4.78, 5) is 11.6. The van der Waals surface area contributed by atoms with E-state index in [4.69, 9.17) is 0 Å². The van der Waals surface area contributed by atoms with E-state index in [1.807, 2.05) is 0 Å². The number of aromatic nitrogens is 1. The van der Waals surface area contributed by atoms with Crippen molar-refractivity contribution in [2.24, 2.45) is 23.3 Å². The van der Waals surface area contributed by atoms with Gasteiger partial charge >= 0.3 is 0 Å². The monoisotopic (exact) mass is 443 g/mol. The van der Waals surface area contributed by atoms with Crippen LogP contribution < -0.4 is 5.32 Å². The third-order valence-electron chi connectivity index (χ3n) is 5.10. The highest BCUT2D eigenvalue weighted by molar-refractivity contribution is 7.90. The molecule has 3 rings (SSSR count). The highest BCUT2D eigenvalue weighted by Gasteiger charge is 2.30. The summed E-state index contributed by atoms with van der Waals surface area (Å²) in [6.45, 7) is -0.0925. The Bertz CT molecular complexity index is 1100. The molecule has 162 valence electrons. The van der Waals surface area contributed by atoms with E-state index in [0.29, 0.717) is 6.42 Å². The number of nitrogens with one attached hydrogen (secondary N) is 1. The quantitative estimate of drug-likeness (QED) is 0.671. The van der Waals surface area contributed by atoms with Crippen molar-refractivity contribution in [2.75, 3.05) is 11.9 Å². The second kappa shape index (κ2) is 8.60. The first-order valence-electron chi connectivity index (χ1n) is 9.16. The summed E-state index contributed by atoms with van der Waals surface area (Å²) in [5, 5.41) is 11.5. The number of amides is 1. The average Bonchev–Trinajstić information content (AvgIpc) is 3.27. The van der Waals surface area contributed by atoms with Crippen LogP contribution in [0.3, 0.4) is 0 Å². The van der Waals surface area contributed by atoms with Gasteiger partial charge in [0, 0.05) is 43.7 Å². The van der Waals surface area contributed by atoms with E-state index in [1.54, 1.807) is 0 Å². The molecule has 2 aromatic rings. The fraction of sp³-hybridized carbons (Fsp3) is 0.368. The van der Waals surface area contributed by atoms with Gasteiger partial charge in [0.1, 0.15) is 10.6 Å². The van der Waals surface area contributed by atoms with Gasteiger partial charge in [0.15, 0.2) is 17.5 Å². The van der Waals surface area contributed by atoms with Gasteiger partial charge in [0.25, 0.3) is 15.9 Å². The molecule has 1 fully saturated rings. The molecule has 0 radical (unpaired) electrons. The first kappa shape index (κ1) is 22.0. The molecule has 2 atom stereocenters.